The maximum absolute atomic E-state index is 13.4. The molecule has 3 aromatic rings. The number of nitrogens with zero attached hydrogens (tertiary/aromatic N) is 6. The van der Waals surface area contributed by atoms with Crippen LogP contribution in [0.5, 0.6) is 0 Å². The summed E-state index contributed by atoms with van der Waals surface area (Å²) in [5, 5.41) is 7.77. The van der Waals surface area contributed by atoms with Crippen LogP contribution in [0, 0.1) is 0 Å². The van der Waals surface area contributed by atoms with Gasteiger partial charge in [-0.15, -0.1) is 10.2 Å². The molecule has 0 saturated heterocycles. The molecule has 39 heavy (non-hydrogen) atoms. The molecule has 0 aliphatic carbocycles. The highest BCUT2D eigenvalue weighted by molar-refractivity contribution is 9.10. The standard InChI is InChI=1S/C26H28BrF3N6O3/c1-15(11-26(28,29)30)36-14-31-33-22(36)20-7-6-8-21(32-20)35-13-19-16(9-17(27)10-18(19)23(35)37)12-34(5)24(38)39-25(2,3)4/h6-10,14-15H,11-13H2,1-5H3/t15-/m0/s1. The smallest absolute Gasteiger partial charge is 0.410 e. The van der Waals surface area contributed by atoms with Crippen LogP contribution in [0.1, 0.15) is 61.6 Å². The number of hydrogen-bond acceptors (Lipinski definition) is 6. The summed E-state index contributed by atoms with van der Waals surface area (Å²) in [6, 6.07) is 7.54. The fourth-order valence-corrected chi connectivity index (χ4v) is 4.82. The van der Waals surface area contributed by atoms with Crippen LogP contribution in [-0.4, -0.2) is 55.5 Å². The average Bonchev–Trinajstić information content (AvgIpc) is 3.43. The summed E-state index contributed by atoms with van der Waals surface area (Å²) >= 11 is 3.46. The molecule has 0 N–H and O–H groups in total. The van der Waals surface area contributed by atoms with Gasteiger partial charge in [0.05, 0.1) is 13.0 Å². The summed E-state index contributed by atoms with van der Waals surface area (Å²) in [6.07, 6.45) is -4.65. The molecule has 9 nitrogen and oxygen atoms in total. The van der Waals surface area contributed by atoms with Gasteiger partial charge in [-0.3, -0.25) is 9.69 Å². The Hall–Kier alpha value is -3.48. The lowest BCUT2D eigenvalue weighted by Crippen LogP contribution is -2.34. The Morgan fingerprint density at radius 3 is 2.62 bits per heavy atom. The minimum atomic E-state index is -4.35. The largest absolute Gasteiger partial charge is 0.444 e. The monoisotopic (exact) mass is 608 g/mol. The third-order valence-electron chi connectivity index (χ3n) is 6.03. The number of aromatic nitrogens is 4. The van der Waals surface area contributed by atoms with Gasteiger partial charge < -0.3 is 14.2 Å². The third-order valence-corrected chi connectivity index (χ3v) is 6.48. The van der Waals surface area contributed by atoms with E-state index < -0.39 is 30.3 Å². The summed E-state index contributed by atoms with van der Waals surface area (Å²) < 4.78 is 46.4. The molecule has 1 atom stereocenters. The fraction of sp³-hybridized carbons (Fsp3) is 0.423. The second-order valence-electron chi connectivity index (χ2n) is 10.4. The number of fused-ring (bicyclic) bond motifs is 1. The third kappa shape index (κ3) is 6.57. The highest BCUT2D eigenvalue weighted by Crippen LogP contribution is 2.34. The number of benzene rings is 1. The zero-order chi connectivity index (χ0) is 28.7. The van der Waals surface area contributed by atoms with Crippen LogP contribution in [0.3, 0.4) is 0 Å². The van der Waals surface area contributed by atoms with Crippen molar-refractivity contribution in [1.29, 1.82) is 0 Å². The van der Waals surface area contributed by atoms with E-state index >= 15 is 0 Å². The Morgan fingerprint density at radius 1 is 1.23 bits per heavy atom. The molecule has 1 aromatic carbocycles. The molecule has 1 aliphatic rings. The molecule has 208 valence electrons. The predicted octanol–water partition coefficient (Wildman–Crippen LogP) is 6.14. The van der Waals surface area contributed by atoms with Crippen LogP contribution in [-0.2, 0) is 17.8 Å². The molecule has 4 rings (SSSR count). The van der Waals surface area contributed by atoms with E-state index in [1.165, 1.54) is 27.6 Å². The lowest BCUT2D eigenvalue weighted by Gasteiger charge is -2.25. The first kappa shape index (κ1) is 28.5. The second-order valence-corrected chi connectivity index (χ2v) is 11.3. The molecule has 0 saturated carbocycles. The maximum Gasteiger partial charge on any atom is 0.410 e. The number of hydrogen-bond donors (Lipinski definition) is 0. The maximum atomic E-state index is 13.4. The zero-order valence-corrected chi connectivity index (χ0v) is 23.7. The molecule has 13 heteroatoms. The summed E-state index contributed by atoms with van der Waals surface area (Å²) in [5.74, 6) is 0.193. The Morgan fingerprint density at radius 2 is 1.95 bits per heavy atom. The molecule has 0 unspecified atom stereocenters. The van der Waals surface area contributed by atoms with E-state index in [0.717, 1.165) is 11.1 Å². The van der Waals surface area contributed by atoms with Crippen molar-refractivity contribution in [2.24, 2.45) is 0 Å². The van der Waals surface area contributed by atoms with E-state index in [1.807, 2.05) is 6.07 Å². The Balaban J connectivity index is 1.61. The molecular weight excluding hydrogens is 581 g/mol. The Kier molecular flexibility index (Phi) is 7.75. The molecule has 0 bridgehead atoms. The average molecular weight is 609 g/mol. The number of carbonyl (C=O) groups excluding carboxylic acids is 2. The van der Waals surface area contributed by atoms with Crippen molar-refractivity contribution >= 4 is 33.7 Å². The number of rotatable bonds is 6. The van der Waals surface area contributed by atoms with Gasteiger partial charge in [0.15, 0.2) is 5.82 Å². The van der Waals surface area contributed by atoms with Crippen LogP contribution in [0.4, 0.5) is 23.8 Å². The molecule has 2 aromatic heterocycles. The number of alkyl halides is 3. The first-order chi connectivity index (χ1) is 18.1. The van der Waals surface area contributed by atoms with Gasteiger partial charge >= 0.3 is 12.3 Å². The van der Waals surface area contributed by atoms with E-state index in [1.54, 1.807) is 52.1 Å². The quantitative estimate of drug-likeness (QED) is 0.333. The molecular formula is C26H28BrF3N6O3. The topological polar surface area (TPSA) is 93.5 Å². The molecule has 0 fully saturated rings. The number of carbonyl (C=O) groups is 2. The fourth-order valence-electron chi connectivity index (χ4n) is 4.31. The SMILES string of the molecule is C[C@@H](CC(F)(F)F)n1cnnc1-c1cccc(N2Cc3c(CN(C)C(=O)OC(C)(C)C)cc(Br)cc3C2=O)n1. The molecule has 3 heterocycles. The van der Waals surface area contributed by atoms with Gasteiger partial charge in [-0.1, -0.05) is 22.0 Å². The first-order valence-electron chi connectivity index (χ1n) is 12.1. The highest BCUT2D eigenvalue weighted by atomic mass is 79.9. The minimum absolute atomic E-state index is 0.167. The van der Waals surface area contributed by atoms with Crippen molar-refractivity contribution in [3.63, 3.8) is 0 Å². The molecule has 2 amide bonds. The predicted molar refractivity (Wildman–Crippen MR) is 141 cm³/mol. The van der Waals surface area contributed by atoms with Crippen LogP contribution in [0.25, 0.3) is 11.5 Å². The number of anilines is 1. The van der Waals surface area contributed by atoms with Crippen molar-refractivity contribution in [3.8, 4) is 11.5 Å². The first-order valence-corrected chi connectivity index (χ1v) is 12.9. The Labute approximate surface area is 232 Å². The molecule has 0 radical (unpaired) electrons. The van der Waals surface area contributed by atoms with E-state index in [4.69, 9.17) is 4.74 Å². The van der Waals surface area contributed by atoms with E-state index in [-0.39, 0.29) is 30.5 Å². The van der Waals surface area contributed by atoms with Crippen LogP contribution in [0.15, 0.2) is 41.1 Å². The van der Waals surface area contributed by atoms with Crippen molar-refractivity contribution in [3.05, 3.63) is 57.8 Å². The normalized spacial score (nSPS) is 14.4. The van der Waals surface area contributed by atoms with Crippen molar-refractivity contribution in [2.75, 3.05) is 11.9 Å². The van der Waals surface area contributed by atoms with Crippen molar-refractivity contribution in [2.45, 2.75) is 65.0 Å². The van der Waals surface area contributed by atoms with Gasteiger partial charge in [-0.05, 0) is 63.1 Å². The second kappa shape index (κ2) is 10.6. The van der Waals surface area contributed by atoms with E-state index in [0.29, 0.717) is 15.9 Å². The zero-order valence-electron chi connectivity index (χ0n) is 22.1. The van der Waals surface area contributed by atoms with Gasteiger partial charge in [0.2, 0.25) is 0 Å². The lowest BCUT2D eigenvalue weighted by molar-refractivity contribution is -0.141. The summed E-state index contributed by atoms with van der Waals surface area (Å²) in [7, 11) is 1.62. The molecule has 1 aliphatic heterocycles. The van der Waals surface area contributed by atoms with Gasteiger partial charge in [-0.2, -0.15) is 13.2 Å². The molecule has 0 spiro atoms. The minimum Gasteiger partial charge on any atom is -0.444 e. The number of amides is 2. The lowest BCUT2D eigenvalue weighted by atomic mass is 10.0. The summed E-state index contributed by atoms with van der Waals surface area (Å²) in [5.41, 5.74) is 1.61. The number of halogens is 4. The summed E-state index contributed by atoms with van der Waals surface area (Å²) in [4.78, 5) is 33.4. The van der Waals surface area contributed by atoms with Crippen LogP contribution < -0.4 is 4.90 Å². The van der Waals surface area contributed by atoms with Crippen molar-refractivity contribution < 1.29 is 27.5 Å². The van der Waals surface area contributed by atoms with E-state index in [9.17, 15) is 22.8 Å². The number of ether oxygens (including phenoxy) is 1. The number of pyridine rings is 1. The van der Waals surface area contributed by atoms with Crippen LogP contribution in [0.2, 0.25) is 0 Å². The van der Waals surface area contributed by atoms with Gasteiger partial charge in [0.25, 0.3) is 5.91 Å². The van der Waals surface area contributed by atoms with Crippen molar-refractivity contribution in [1.82, 2.24) is 24.6 Å². The van der Waals surface area contributed by atoms with E-state index in [2.05, 4.69) is 31.1 Å². The highest BCUT2D eigenvalue weighted by Gasteiger charge is 2.34. The summed E-state index contributed by atoms with van der Waals surface area (Å²) in [6.45, 7) is 7.20. The van der Waals surface area contributed by atoms with Gasteiger partial charge in [0, 0.05) is 29.7 Å². The van der Waals surface area contributed by atoms with Gasteiger partial charge in [0.1, 0.15) is 23.4 Å². The van der Waals surface area contributed by atoms with Crippen LogP contribution >= 0.6 is 15.9 Å². The Bertz CT molecular complexity index is 1400. The van der Waals surface area contributed by atoms with Gasteiger partial charge in [-0.25, -0.2) is 9.78 Å².